The molecular weight excluding hydrogens is 598 g/mol. The Morgan fingerprint density at radius 3 is 2.21 bits per heavy atom. The van der Waals surface area contributed by atoms with Gasteiger partial charge in [0.2, 0.25) is 32.7 Å². The van der Waals surface area contributed by atoms with E-state index in [0.29, 0.717) is 12.3 Å². The molecule has 4 fully saturated rings. The third-order valence-electron chi connectivity index (χ3n) is 7.82. The Morgan fingerprint density at radius 2 is 1.74 bits per heavy atom. The van der Waals surface area contributed by atoms with Gasteiger partial charge in [0.25, 0.3) is 5.92 Å². The lowest BCUT2D eigenvalue weighted by atomic mass is 9.70. The van der Waals surface area contributed by atoms with E-state index in [-0.39, 0.29) is 32.2 Å². The molecular formula is C25H34F6N4O6S. The van der Waals surface area contributed by atoms with Crippen molar-refractivity contribution in [1.29, 1.82) is 0 Å². The van der Waals surface area contributed by atoms with Crippen LogP contribution in [0.25, 0.3) is 0 Å². The summed E-state index contributed by atoms with van der Waals surface area (Å²) in [6.45, 7) is 4.31. The van der Waals surface area contributed by atoms with E-state index in [9.17, 15) is 45.2 Å². The molecule has 10 nitrogen and oxygen atoms in total. The average molecular weight is 633 g/mol. The van der Waals surface area contributed by atoms with Crippen molar-refractivity contribution in [2.75, 3.05) is 12.8 Å². The van der Waals surface area contributed by atoms with E-state index in [0.717, 1.165) is 4.90 Å². The first-order chi connectivity index (χ1) is 19.0. The predicted molar refractivity (Wildman–Crippen MR) is 136 cm³/mol. The summed E-state index contributed by atoms with van der Waals surface area (Å²) < 4.78 is 107. The number of alkyl halides is 5. The van der Waals surface area contributed by atoms with Gasteiger partial charge in [-0.05, 0) is 37.2 Å². The molecule has 0 aromatic carbocycles. The molecule has 0 aromatic heterocycles. The molecule has 4 rings (SSSR count). The maximum atomic E-state index is 15.1. The lowest BCUT2D eigenvalue weighted by Gasteiger charge is -2.55. The Labute approximate surface area is 238 Å². The molecule has 1 aliphatic carbocycles. The molecule has 6 atom stereocenters. The Morgan fingerprint density at radius 1 is 1.12 bits per heavy atom. The minimum atomic E-state index is -5.36. The Bertz CT molecular complexity index is 1250. The van der Waals surface area contributed by atoms with Gasteiger partial charge in [-0.15, -0.1) is 0 Å². The average Bonchev–Trinajstić information content (AvgIpc) is 3.22. The van der Waals surface area contributed by atoms with Crippen molar-refractivity contribution in [1.82, 2.24) is 20.9 Å². The minimum absolute atomic E-state index is 0.00808. The van der Waals surface area contributed by atoms with Crippen LogP contribution in [0.5, 0.6) is 0 Å². The summed E-state index contributed by atoms with van der Waals surface area (Å²) in [5.74, 6) is -11.3. The third kappa shape index (κ3) is 7.37. The van der Waals surface area contributed by atoms with Gasteiger partial charge in [-0.25, -0.2) is 17.2 Å². The summed E-state index contributed by atoms with van der Waals surface area (Å²) in [4.78, 5) is 52.0. The minimum Gasteiger partial charge on any atom is -0.356 e. The molecule has 1 saturated carbocycles. The second-order valence-corrected chi connectivity index (χ2v) is 14.1. The first kappa shape index (κ1) is 33.6. The zero-order valence-corrected chi connectivity index (χ0v) is 24.2. The van der Waals surface area contributed by atoms with Crippen LogP contribution >= 0.6 is 0 Å². The van der Waals surface area contributed by atoms with E-state index in [1.165, 1.54) is 20.8 Å². The second kappa shape index (κ2) is 11.7. The first-order valence-corrected chi connectivity index (χ1v) is 15.2. The number of nitrogens with one attached hydrogen (secondary N) is 3. The second-order valence-electron chi connectivity index (χ2n) is 12.1. The van der Waals surface area contributed by atoms with Crippen molar-refractivity contribution >= 4 is 33.5 Å². The van der Waals surface area contributed by atoms with Crippen LogP contribution in [0.4, 0.5) is 26.3 Å². The highest BCUT2D eigenvalue weighted by Crippen LogP contribution is 2.49. The molecule has 4 aliphatic rings. The highest BCUT2D eigenvalue weighted by molar-refractivity contribution is 7.94. The van der Waals surface area contributed by atoms with Gasteiger partial charge in [-0.1, -0.05) is 20.8 Å². The molecule has 0 unspecified atom stereocenters. The molecule has 3 N–H and O–H groups in total. The molecule has 0 radical (unpaired) electrons. The van der Waals surface area contributed by atoms with E-state index in [2.05, 4.69) is 10.6 Å². The molecule has 4 amide bonds. The van der Waals surface area contributed by atoms with Crippen LogP contribution in [-0.4, -0.2) is 86.0 Å². The van der Waals surface area contributed by atoms with Crippen molar-refractivity contribution in [2.24, 2.45) is 17.3 Å². The molecule has 3 saturated heterocycles. The third-order valence-corrected chi connectivity index (χ3v) is 8.66. The summed E-state index contributed by atoms with van der Waals surface area (Å²) in [5.41, 5.74) is -1.35. The number of fused-ring (bicyclic) bond motifs is 3. The van der Waals surface area contributed by atoms with Crippen molar-refractivity contribution in [3.63, 3.8) is 0 Å². The van der Waals surface area contributed by atoms with Gasteiger partial charge >= 0.3 is 12.1 Å². The number of rotatable bonds is 8. The van der Waals surface area contributed by atoms with Crippen LogP contribution in [0.3, 0.4) is 0 Å². The van der Waals surface area contributed by atoms with Gasteiger partial charge in [-0.2, -0.15) is 17.6 Å². The van der Waals surface area contributed by atoms with E-state index >= 15 is 8.78 Å². The van der Waals surface area contributed by atoms with E-state index in [1.807, 2.05) is 0 Å². The topological polar surface area (TPSA) is 142 Å². The van der Waals surface area contributed by atoms with Gasteiger partial charge in [0, 0.05) is 31.2 Å². The van der Waals surface area contributed by atoms with Crippen LogP contribution < -0.4 is 16.0 Å². The Hall–Kier alpha value is -2.85. The Balaban J connectivity index is 2.00. The first-order valence-electron chi connectivity index (χ1n) is 13.3. The maximum Gasteiger partial charge on any atom is 0.471 e. The number of sulfone groups is 1. The number of piperidine rings is 2. The highest BCUT2D eigenvalue weighted by Gasteiger charge is 2.61. The zero-order chi connectivity index (χ0) is 32.0. The smallest absolute Gasteiger partial charge is 0.356 e. The van der Waals surface area contributed by atoms with Crippen LogP contribution in [0.2, 0.25) is 0 Å². The number of hydrogen-bond donors (Lipinski definition) is 3. The SMILES string of the molecule is CC(C)(C)[C@@H](NC(=O)C(F)(F)F)C(=O)N1[C@@H]2CC[C@H]([C@@H]1C(=O)N[C@H](/C=C(/F)S(C)(=O)=O)C[C@@H]1CCNC1=O)C(F)(F)C2. The van der Waals surface area contributed by atoms with E-state index in [1.54, 1.807) is 5.32 Å². The number of nitrogens with zero attached hydrogens (tertiary/aromatic N) is 1. The molecule has 42 heavy (non-hydrogen) atoms. The largest absolute Gasteiger partial charge is 0.471 e. The predicted octanol–water partition coefficient (Wildman–Crippen LogP) is 1.96. The van der Waals surface area contributed by atoms with Crippen molar-refractivity contribution < 1.29 is 53.9 Å². The van der Waals surface area contributed by atoms with Crippen molar-refractivity contribution in [3.8, 4) is 0 Å². The van der Waals surface area contributed by atoms with Gasteiger partial charge < -0.3 is 20.9 Å². The van der Waals surface area contributed by atoms with Crippen LogP contribution in [0.15, 0.2) is 11.2 Å². The van der Waals surface area contributed by atoms with Gasteiger partial charge in [0.1, 0.15) is 12.1 Å². The van der Waals surface area contributed by atoms with Crippen LogP contribution in [0.1, 0.15) is 52.9 Å². The molecule has 0 aromatic rings. The zero-order valence-electron chi connectivity index (χ0n) is 23.4. The molecule has 2 bridgehead atoms. The van der Waals surface area contributed by atoms with Gasteiger partial charge in [-0.3, -0.25) is 19.2 Å². The molecule has 3 heterocycles. The lowest BCUT2D eigenvalue weighted by molar-refractivity contribution is -0.197. The fourth-order valence-corrected chi connectivity index (χ4v) is 6.14. The summed E-state index contributed by atoms with van der Waals surface area (Å²) >= 11 is 0. The monoisotopic (exact) mass is 632 g/mol. The van der Waals surface area contributed by atoms with Crippen LogP contribution in [-0.2, 0) is 29.0 Å². The quantitative estimate of drug-likeness (QED) is 0.350. The Kier molecular flexibility index (Phi) is 9.36. The van der Waals surface area contributed by atoms with E-state index < -0.39 is 98.6 Å². The number of hydrogen-bond acceptors (Lipinski definition) is 6. The normalized spacial score (nSPS) is 27.7. The molecule has 0 spiro atoms. The summed E-state index contributed by atoms with van der Waals surface area (Å²) in [5, 5.41) is 4.81. The van der Waals surface area contributed by atoms with Gasteiger partial charge in [0.05, 0.1) is 12.0 Å². The molecule has 3 aliphatic heterocycles. The summed E-state index contributed by atoms with van der Waals surface area (Å²) in [7, 11) is -4.38. The fourth-order valence-electron chi connectivity index (χ4n) is 5.73. The fraction of sp³-hybridized carbons (Fsp3) is 0.760. The maximum absolute atomic E-state index is 15.1. The van der Waals surface area contributed by atoms with Crippen molar-refractivity contribution in [2.45, 2.75) is 89.1 Å². The number of halogens is 6. The van der Waals surface area contributed by atoms with Crippen molar-refractivity contribution in [3.05, 3.63) is 11.2 Å². The van der Waals surface area contributed by atoms with E-state index in [4.69, 9.17) is 0 Å². The highest BCUT2D eigenvalue weighted by atomic mass is 32.2. The number of carbonyl (C=O) groups excluding carboxylic acids is 4. The molecule has 238 valence electrons. The lowest BCUT2D eigenvalue weighted by Crippen LogP contribution is -2.71. The standard InChI is InChI=1S/C25H34F6N4O6S/c1-23(2,3)18(34-22(39)25(29,30)31)21(38)35-14-5-6-15(24(27,28)11-14)17(35)20(37)33-13(10-16(26)42(4,40)41)9-12-7-8-32-19(12)36/h10,12-15,17-18H,5-9,11H2,1-4H3,(H,32,36)(H,33,37)(H,34,39)/b16-10-/t12-,13-,14+,15+,17+,18-/m0/s1. The number of carbonyl (C=O) groups is 4. The summed E-state index contributed by atoms with van der Waals surface area (Å²) in [6.07, 6.45) is -5.38. The molecule has 17 heteroatoms. The van der Waals surface area contributed by atoms with Crippen LogP contribution in [0, 0.1) is 17.3 Å². The van der Waals surface area contributed by atoms with Gasteiger partial charge in [0.15, 0.2) is 0 Å². The summed E-state index contributed by atoms with van der Waals surface area (Å²) in [6, 6.07) is -6.56. The number of amides is 4.